The Hall–Kier alpha value is -1.86. The maximum absolute atomic E-state index is 12.1. The molecule has 0 radical (unpaired) electrons. The van der Waals surface area contributed by atoms with Gasteiger partial charge in [0.1, 0.15) is 0 Å². The van der Waals surface area contributed by atoms with E-state index in [0.29, 0.717) is 0 Å². The van der Waals surface area contributed by atoms with Crippen LogP contribution in [0, 0.1) is 0 Å². The second-order valence-corrected chi connectivity index (χ2v) is 5.16. The highest BCUT2D eigenvalue weighted by Gasteiger charge is 2.23. The smallest absolute Gasteiger partial charge is 0.242 e. The van der Waals surface area contributed by atoms with Crippen molar-refractivity contribution < 1.29 is 4.79 Å². The third-order valence-corrected chi connectivity index (χ3v) is 3.80. The van der Waals surface area contributed by atoms with E-state index >= 15 is 0 Å². The summed E-state index contributed by atoms with van der Waals surface area (Å²) in [7, 11) is 0. The van der Waals surface area contributed by atoms with Crippen molar-refractivity contribution in [1.82, 2.24) is 20.3 Å². The van der Waals surface area contributed by atoms with E-state index in [2.05, 4.69) is 20.9 Å². The molecule has 3 rings (SSSR count). The Bertz CT molecular complexity index is 565. The fourth-order valence-corrected chi connectivity index (χ4v) is 2.84. The average molecular weight is 275 g/mol. The fourth-order valence-electron chi connectivity index (χ4n) is 1.90. The van der Waals surface area contributed by atoms with E-state index in [1.165, 1.54) is 0 Å². The van der Waals surface area contributed by atoms with Crippen LogP contribution in [0.15, 0.2) is 36.7 Å². The van der Waals surface area contributed by atoms with Gasteiger partial charge in [0, 0.05) is 11.6 Å². The molecule has 0 bridgehead atoms. The van der Waals surface area contributed by atoms with E-state index in [-0.39, 0.29) is 11.9 Å². The van der Waals surface area contributed by atoms with Crippen LogP contribution in [0.2, 0.25) is 0 Å². The van der Waals surface area contributed by atoms with Crippen molar-refractivity contribution in [2.45, 2.75) is 6.04 Å². The van der Waals surface area contributed by atoms with E-state index in [0.717, 1.165) is 23.0 Å². The third kappa shape index (κ3) is 2.61. The molecule has 1 aliphatic heterocycles. The molecule has 1 unspecified atom stereocenters. The molecular formula is C12H13N5OS. The number of carbonyl (C=O) groups excluding carboxylic acids is 1. The number of rotatable bonds is 3. The fraction of sp³-hybridized carbons (Fsp3) is 0.250. The van der Waals surface area contributed by atoms with Crippen LogP contribution in [-0.4, -0.2) is 38.6 Å². The first-order valence-corrected chi connectivity index (χ1v) is 7.08. The summed E-state index contributed by atoms with van der Waals surface area (Å²) >= 11 is 1.72. The zero-order valence-electron chi connectivity index (χ0n) is 10.1. The van der Waals surface area contributed by atoms with Crippen LogP contribution in [0.3, 0.4) is 0 Å². The van der Waals surface area contributed by atoms with Crippen molar-refractivity contribution in [2.75, 3.05) is 16.9 Å². The molecular weight excluding hydrogens is 262 g/mol. The van der Waals surface area contributed by atoms with E-state index in [1.807, 2.05) is 24.3 Å². The van der Waals surface area contributed by atoms with Gasteiger partial charge in [0.05, 0.1) is 29.8 Å². The van der Waals surface area contributed by atoms with Crippen molar-refractivity contribution in [3.05, 3.63) is 36.7 Å². The molecule has 1 fully saturated rings. The van der Waals surface area contributed by atoms with Crippen LogP contribution in [-0.2, 0) is 4.79 Å². The second-order valence-electron chi connectivity index (χ2n) is 4.13. The normalized spacial score (nSPS) is 18.4. The Morgan fingerprint density at radius 3 is 3.11 bits per heavy atom. The Balaban J connectivity index is 1.83. The quantitative estimate of drug-likeness (QED) is 0.869. The molecule has 2 N–H and O–H groups in total. The molecule has 1 aromatic carbocycles. The first kappa shape index (κ1) is 12.2. The van der Waals surface area contributed by atoms with Crippen molar-refractivity contribution in [2.24, 2.45) is 0 Å². The van der Waals surface area contributed by atoms with E-state index in [9.17, 15) is 4.79 Å². The van der Waals surface area contributed by atoms with Crippen molar-refractivity contribution in [3.63, 3.8) is 0 Å². The standard InChI is InChI=1S/C12H13N5OS/c18-12(10-7-19-8-13-10)15-9-3-1-2-4-11(9)17-6-5-14-16-17/h1-6,10,13H,7-8H2,(H,15,18). The largest absolute Gasteiger partial charge is 0.323 e. The lowest BCUT2D eigenvalue weighted by molar-refractivity contribution is -0.117. The van der Waals surface area contributed by atoms with Gasteiger partial charge in [-0.3, -0.25) is 10.1 Å². The number of nitrogens with zero attached hydrogens (tertiary/aromatic N) is 3. The molecule has 0 spiro atoms. The molecule has 0 aliphatic carbocycles. The van der Waals surface area contributed by atoms with Crippen LogP contribution < -0.4 is 10.6 Å². The minimum Gasteiger partial charge on any atom is -0.323 e. The van der Waals surface area contributed by atoms with Crippen molar-refractivity contribution in [3.8, 4) is 5.69 Å². The second kappa shape index (κ2) is 5.41. The van der Waals surface area contributed by atoms with E-state index < -0.39 is 0 Å². The van der Waals surface area contributed by atoms with Crippen molar-refractivity contribution >= 4 is 23.4 Å². The van der Waals surface area contributed by atoms with Crippen LogP contribution in [0.5, 0.6) is 0 Å². The molecule has 1 aromatic heterocycles. The number of thioether (sulfide) groups is 1. The number of carbonyl (C=O) groups is 1. The van der Waals surface area contributed by atoms with Gasteiger partial charge in [-0.1, -0.05) is 17.3 Å². The lowest BCUT2D eigenvalue weighted by Gasteiger charge is -2.13. The number of hydrogen-bond acceptors (Lipinski definition) is 5. The summed E-state index contributed by atoms with van der Waals surface area (Å²) in [6.45, 7) is 0. The average Bonchev–Trinajstić information content (AvgIpc) is 3.13. The predicted octanol–water partition coefficient (Wildman–Crippen LogP) is 0.868. The first-order valence-electron chi connectivity index (χ1n) is 5.92. The Kier molecular flexibility index (Phi) is 3.47. The van der Waals surface area contributed by atoms with Gasteiger partial charge in [-0.05, 0) is 12.1 Å². The summed E-state index contributed by atoms with van der Waals surface area (Å²) in [4.78, 5) is 12.1. The first-order chi connectivity index (χ1) is 9.34. The zero-order chi connectivity index (χ0) is 13.1. The Labute approximate surface area is 114 Å². The van der Waals surface area contributed by atoms with Gasteiger partial charge in [-0.15, -0.1) is 16.9 Å². The third-order valence-electron chi connectivity index (χ3n) is 2.86. The SMILES string of the molecule is O=C(Nc1ccccc1-n1ccnn1)C1CSCN1. The van der Waals surface area contributed by atoms with Gasteiger partial charge in [-0.2, -0.15) is 0 Å². The van der Waals surface area contributed by atoms with Gasteiger partial charge in [0.15, 0.2) is 0 Å². The van der Waals surface area contributed by atoms with Crippen LogP contribution in [0.1, 0.15) is 0 Å². The molecule has 98 valence electrons. The predicted molar refractivity (Wildman–Crippen MR) is 74.2 cm³/mol. The molecule has 2 aromatic rings. The Morgan fingerprint density at radius 1 is 1.47 bits per heavy atom. The maximum Gasteiger partial charge on any atom is 0.242 e. The molecule has 1 amide bonds. The lowest BCUT2D eigenvalue weighted by atomic mass is 10.2. The molecule has 2 heterocycles. The number of hydrogen-bond donors (Lipinski definition) is 2. The van der Waals surface area contributed by atoms with Crippen LogP contribution in [0.4, 0.5) is 5.69 Å². The zero-order valence-corrected chi connectivity index (χ0v) is 10.9. The van der Waals surface area contributed by atoms with Crippen LogP contribution in [0.25, 0.3) is 5.69 Å². The lowest BCUT2D eigenvalue weighted by Crippen LogP contribution is -2.37. The number of benzene rings is 1. The molecule has 7 heteroatoms. The number of anilines is 1. The highest BCUT2D eigenvalue weighted by molar-refractivity contribution is 7.99. The van der Waals surface area contributed by atoms with Gasteiger partial charge < -0.3 is 5.32 Å². The van der Waals surface area contributed by atoms with Gasteiger partial charge >= 0.3 is 0 Å². The summed E-state index contributed by atoms with van der Waals surface area (Å²) in [5.41, 5.74) is 1.54. The number of amides is 1. The molecule has 6 nitrogen and oxygen atoms in total. The van der Waals surface area contributed by atoms with E-state index in [4.69, 9.17) is 0 Å². The monoisotopic (exact) mass is 275 g/mol. The number of nitrogens with one attached hydrogen (secondary N) is 2. The van der Waals surface area contributed by atoms with Gasteiger partial charge in [0.2, 0.25) is 5.91 Å². The van der Waals surface area contributed by atoms with Gasteiger partial charge in [0.25, 0.3) is 0 Å². The summed E-state index contributed by atoms with van der Waals surface area (Å²) < 4.78 is 1.63. The topological polar surface area (TPSA) is 71.8 Å². The number of para-hydroxylation sites is 2. The van der Waals surface area contributed by atoms with Crippen LogP contribution >= 0.6 is 11.8 Å². The molecule has 1 aliphatic rings. The molecule has 1 saturated heterocycles. The summed E-state index contributed by atoms with van der Waals surface area (Å²) in [5, 5.41) is 13.8. The van der Waals surface area contributed by atoms with Crippen molar-refractivity contribution in [1.29, 1.82) is 0 Å². The molecule has 0 saturated carbocycles. The summed E-state index contributed by atoms with van der Waals surface area (Å²) in [6, 6.07) is 7.40. The minimum atomic E-state index is -0.131. The molecule has 1 atom stereocenters. The summed E-state index contributed by atoms with van der Waals surface area (Å²) in [6.07, 6.45) is 3.35. The highest BCUT2D eigenvalue weighted by atomic mass is 32.2. The number of aromatic nitrogens is 3. The van der Waals surface area contributed by atoms with Gasteiger partial charge in [-0.25, -0.2) is 4.68 Å². The highest BCUT2D eigenvalue weighted by Crippen LogP contribution is 2.20. The molecule has 19 heavy (non-hydrogen) atoms. The Morgan fingerprint density at radius 2 is 2.37 bits per heavy atom. The minimum absolute atomic E-state index is 0.0161. The maximum atomic E-state index is 12.1. The van der Waals surface area contributed by atoms with E-state index in [1.54, 1.807) is 28.8 Å². The summed E-state index contributed by atoms with van der Waals surface area (Å²) in [5.74, 6) is 1.61.